The third-order valence-electron chi connectivity index (χ3n) is 3.59. The normalized spacial score (nSPS) is 12.0. The van der Waals surface area contributed by atoms with Gasteiger partial charge >= 0.3 is 5.97 Å². The Kier molecular flexibility index (Phi) is 6.21. The molecule has 21 heavy (non-hydrogen) atoms. The molecule has 116 valence electrons. The van der Waals surface area contributed by atoms with E-state index in [1.165, 1.54) is 0 Å². The van der Waals surface area contributed by atoms with Gasteiger partial charge in [0.1, 0.15) is 0 Å². The molecule has 0 aliphatic heterocycles. The maximum Gasteiger partial charge on any atom is 0.305 e. The fourth-order valence-corrected chi connectivity index (χ4v) is 1.83. The zero-order chi connectivity index (χ0) is 16.0. The number of nitrogens with one attached hydrogen (secondary N) is 2. The summed E-state index contributed by atoms with van der Waals surface area (Å²) < 4.78 is 0. The predicted octanol–water partition coefficient (Wildman–Crippen LogP) is 2.66. The van der Waals surface area contributed by atoms with Crippen LogP contribution in [0.15, 0.2) is 18.2 Å². The predicted molar refractivity (Wildman–Crippen MR) is 83.7 cm³/mol. The third kappa shape index (κ3) is 5.10. The molecule has 0 spiro atoms. The number of anilines is 1. The van der Waals surface area contributed by atoms with Crippen molar-refractivity contribution in [1.82, 2.24) is 5.32 Å². The Morgan fingerprint density at radius 1 is 1.24 bits per heavy atom. The minimum Gasteiger partial charge on any atom is -0.481 e. The van der Waals surface area contributed by atoms with Gasteiger partial charge in [0, 0.05) is 23.8 Å². The van der Waals surface area contributed by atoms with Crippen LogP contribution in [0, 0.1) is 12.8 Å². The first-order chi connectivity index (χ1) is 9.82. The van der Waals surface area contributed by atoms with Gasteiger partial charge in [-0.25, -0.2) is 0 Å². The van der Waals surface area contributed by atoms with Crippen molar-refractivity contribution in [1.29, 1.82) is 0 Å². The van der Waals surface area contributed by atoms with Crippen LogP contribution in [-0.2, 0) is 4.79 Å². The summed E-state index contributed by atoms with van der Waals surface area (Å²) in [5.74, 6) is -0.680. The minimum atomic E-state index is -0.923. The molecule has 0 saturated heterocycles. The third-order valence-corrected chi connectivity index (χ3v) is 3.59. The van der Waals surface area contributed by atoms with Crippen LogP contribution in [0.3, 0.4) is 0 Å². The van der Waals surface area contributed by atoms with Crippen LogP contribution in [0.25, 0.3) is 0 Å². The average Bonchev–Trinajstić information content (AvgIpc) is 2.40. The van der Waals surface area contributed by atoms with E-state index in [1.54, 1.807) is 6.07 Å². The number of hydrogen-bond acceptors (Lipinski definition) is 3. The lowest BCUT2D eigenvalue weighted by Gasteiger charge is -2.21. The molecule has 1 rings (SSSR count). The van der Waals surface area contributed by atoms with Crippen LogP contribution in [-0.4, -0.2) is 29.6 Å². The number of aliphatic carboxylic acids is 1. The molecule has 0 saturated carbocycles. The lowest BCUT2D eigenvalue weighted by Crippen LogP contribution is -2.27. The van der Waals surface area contributed by atoms with Crippen molar-refractivity contribution in [3.8, 4) is 0 Å². The number of amides is 1. The van der Waals surface area contributed by atoms with E-state index in [4.69, 9.17) is 5.11 Å². The zero-order valence-corrected chi connectivity index (χ0v) is 13.1. The van der Waals surface area contributed by atoms with Crippen LogP contribution < -0.4 is 10.6 Å². The summed E-state index contributed by atoms with van der Waals surface area (Å²) >= 11 is 0. The molecule has 3 N–H and O–H groups in total. The number of rotatable bonds is 7. The summed E-state index contributed by atoms with van der Waals surface area (Å²) in [6.45, 7) is 8.39. The average molecular weight is 292 g/mol. The molecular weight excluding hydrogens is 268 g/mol. The van der Waals surface area contributed by atoms with Crippen LogP contribution >= 0.6 is 0 Å². The molecule has 0 aliphatic rings. The second-order valence-corrected chi connectivity index (χ2v) is 5.55. The van der Waals surface area contributed by atoms with Crippen LogP contribution in [0.2, 0.25) is 0 Å². The second-order valence-electron chi connectivity index (χ2n) is 5.55. The maximum atomic E-state index is 12.1. The van der Waals surface area contributed by atoms with Crippen molar-refractivity contribution in [3.05, 3.63) is 29.3 Å². The number of benzene rings is 1. The standard InChI is InChI=1S/C16H24N2O3/c1-10(2)12(4)18-14-7-5-6-13(11(14)3)16(21)17-9-8-15(19)20/h5-7,10,12,18H,8-9H2,1-4H3,(H,17,21)(H,19,20). The monoisotopic (exact) mass is 292 g/mol. The van der Waals surface area contributed by atoms with Crippen molar-refractivity contribution >= 4 is 17.6 Å². The van der Waals surface area contributed by atoms with Gasteiger partial charge in [-0.1, -0.05) is 19.9 Å². The van der Waals surface area contributed by atoms with E-state index in [9.17, 15) is 9.59 Å². The highest BCUT2D eigenvalue weighted by Crippen LogP contribution is 2.21. The van der Waals surface area contributed by atoms with Crippen molar-refractivity contribution in [3.63, 3.8) is 0 Å². The van der Waals surface area contributed by atoms with E-state index in [1.807, 2.05) is 19.1 Å². The molecule has 1 unspecified atom stereocenters. The first-order valence-corrected chi connectivity index (χ1v) is 7.19. The highest BCUT2D eigenvalue weighted by atomic mass is 16.4. The van der Waals surface area contributed by atoms with Crippen LogP contribution in [0.1, 0.15) is 43.1 Å². The van der Waals surface area contributed by atoms with Gasteiger partial charge in [-0.05, 0) is 37.5 Å². The van der Waals surface area contributed by atoms with Crippen molar-refractivity contribution in [2.45, 2.75) is 40.2 Å². The SMILES string of the molecule is Cc1c(NC(C)C(C)C)cccc1C(=O)NCCC(=O)O. The van der Waals surface area contributed by atoms with E-state index in [0.717, 1.165) is 11.3 Å². The highest BCUT2D eigenvalue weighted by Gasteiger charge is 2.14. The Hall–Kier alpha value is -2.04. The highest BCUT2D eigenvalue weighted by molar-refractivity contribution is 5.97. The minimum absolute atomic E-state index is 0.0763. The summed E-state index contributed by atoms with van der Waals surface area (Å²) in [6.07, 6.45) is -0.0763. The molecule has 1 aromatic carbocycles. The van der Waals surface area contributed by atoms with Gasteiger partial charge in [0.15, 0.2) is 0 Å². The van der Waals surface area contributed by atoms with E-state index in [2.05, 4.69) is 31.4 Å². The fourth-order valence-electron chi connectivity index (χ4n) is 1.83. The molecule has 0 radical (unpaired) electrons. The number of carbonyl (C=O) groups is 2. The summed E-state index contributed by atoms with van der Waals surface area (Å²) in [5, 5.41) is 14.6. The Balaban J connectivity index is 2.80. The Morgan fingerprint density at radius 2 is 1.90 bits per heavy atom. The van der Waals surface area contributed by atoms with Gasteiger partial charge in [-0.15, -0.1) is 0 Å². The Morgan fingerprint density at radius 3 is 2.48 bits per heavy atom. The molecule has 5 heteroatoms. The smallest absolute Gasteiger partial charge is 0.305 e. The zero-order valence-electron chi connectivity index (χ0n) is 13.1. The molecule has 0 heterocycles. The van der Waals surface area contributed by atoms with Gasteiger partial charge in [-0.2, -0.15) is 0 Å². The van der Waals surface area contributed by atoms with E-state index in [-0.39, 0.29) is 18.9 Å². The Bertz CT molecular complexity index is 512. The number of carboxylic acids is 1. The molecule has 0 bridgehead atoms. The quantitative estimate of drug-likeness (QED) is 0.722. The summed E-state index contributed by atoms with van der Waals surface area (Å²) in [5.41, 5.74) is 2.38. The second kappa shape index (κ2) is 7.67. The molecule has 1 aromatic rings. The van der Waals surface area contributed by atoms with E-state index < -0.39 is 5.97 Å². The maximum absolute atomic E-state index is 12.1. The number of carbonyl (C=O) groups excluding carboxylic acids is 1. The van der Waals surface area contributed by atoms with Gasteiger partial charge in [0.2, 0.25) is 0 Å². The molecular formula is C16H24N2O3. The van der Waals surface area contributed by atoms with Gasteiger partial charge < -0.3 is 15.7 Å². The fraction of sp³-hybridized carbons (Fsp3) is 0.500. The number of hydrogen-bond donors (Lipinski definition) is 3. The largest absolute Gasteiger partial charge is 0.481 e. The van der Waals surface area contributed by atoms with Crippen molar-refractivity contribution in [2.24, 2.45) is 5.92 Å². The van der Waals surface area contributed by atoms with Crippen LogP contribution in [0.5, 0.6) is 0 Å². The first-order valence-electron chi connectivity index (χ1n) is 7.19. The molecule has 1 atom stereocenters. The molecule has 0 aliphatic carbocycles. The van der Waals surface area contributed by atoms with E-state index in [0.29, 0.717) is 17.5 Å². The van der Waals surface area contributed by atoms with Gasteiger partial charge in [0.25, 0.3) is 5.91 Å². The van der Waals surface area contributed by atoms with Crippen molar-refractivity contribution in [2.75, 3.05) is 11.9 Å². The van der Waals surface area contributed by atoms with Crippen LogP contribution in [0.4, 0.5) is 5.69 Å². The van der Waals surface area contributed by atoms with Gasteiger partial charge in [0.05, 0.1) is 6.42 Å². The number of carboxylic acid groups (broad SMARTS) is 1. The molecule has 1 amide bonds. The molecule has 0 fully saturated rings. The summed E-state index contributed by atoms with van der Waals surface area (Å²) in [7, 11) is 0. The lowest BCUT2D eigenvalue weighted by molar-refractivity contribution is -0.136. The van der Waals surface area contributed by atoms with E-state index >= 15 is 0 Å². The first kappa shape index (κ1) is 17.0. The summed E-state index contributed by atoms with van der Waals surface area (Å²) in [4.78, 5) is 22.5. The molecule has 0 aromatic heterocycles. The van der Waals surface area contributed by atoms with Gasteiger partial charge in [-0.3, -0.25) is 9.59 Å². The topological polar surface area (TPSA) is 78.4 Å². The lowest BCUT2D eigenvalue weighted by atomic mass is 10.0. The van der Waals surface area contributed by atoms with Crippen molar-refractivity contribution < 1.29 is 14.7 Å². The Labute approximate surface area is 125 Å². The summed E-state index contributed by atoms with van der Waals surface area (Å²) in [6, 6.07) is 5.82. The molecule has 5 nitrogen and oxygen atoms in total.